The van der Waals surface area contributed by atoms with E-state index in [1.807, 2.05) is 18.4 Å². The summed E-state index contributed by atoms with van der Waals surface area (Å²) >= 11 is 0. The van der Waals surface area contributed by atoms with Gasteiger partial charge in [0, 0.05) is 18.3 Å². The minimum absolute atomic E-state index is 0.243. The lowest BCUT2D eigenvalue weighted by molar-refractivity contribution is 0.102. The van der Waals surface area contributed by atoms with Gasteiger partial charge in [-0.3, -0.25) is 4.79 Å². The fraction of sp³-hybridized carbons (Fsp3) is 0.375. The molecular weight excluding hydrogens is 283 g/mol. The van der Waals surface area contributed by atoms with Crippen molar-refractivity contribution in [2.24, 2.45) is 0 Å². The molecule has 6 heteroatoms. The van der Waals surface area contributed by atoms with Gasteiger partial charge in [-0.25, -0.2) is 9.37 Å². The Morgan fingerprint density at radius 2 is 2.14 bits per heavy atom. The summed E-state index contributed by atoms with van der Waals surface area (Å²) in [6, 6.07) is 4.92. The molecule has 1 aromatic heterocycles. The van der Waals surface area contributed by atoms with E-state index < -0.39 is 0 Å². The van der Waals surface area contributed by atoms with Crippen molar-refractivity contribution >= 4 is 17.3 Å². The van der Waals surface area contributed by atoms with Gasteiger partial charge in [-0.15, -0.1) is 0 Å². The maximum absolute atomic E-state index is 13.4. The lowest BCUT2D eigenvalue weighted by atomic mass is 10.2. The average Bonchev–Trinajstić information content (AvgIpc) is 3.14. The van der Waals surface area contributed by atoms with E-state index in [1.165, 1.54) is 12.1 Å². The minimum atomic E-state index is -0.328. The van der Waals surface area contributed by atoms with Crippen LogP contribution in [0.3, 0.4) is 0 Å². The van der Waals surface area contributed by atoms with Crippen LogP contribution in [0.4, 0.5) is 15.8 Å². The van der Waals surface area contributed by atoms with Crippen molar-refractivity contribution in [3.8, 4) is 0 Å². The highest BCUT2D eigenvalue weighted by molar-refractivity contribution is 6.04. The van der Waals surface area contributed by atoms with E-state index in [0.717, 1.165) is 12.8 Å². The van der Waals surface area contributed by atoms with Crippen LogP contribution in [-0.4, -0.2) is 21.5 Å². The van der Waals surface area contributed by atoms with E-state index in [2.05, 4.69) is 15.6 Å². The normalized spacial score (nSPS) is 14.2. The first-order valence-electron chi connectivity index (χ1n) is 7.44. The van der Waals surface area contributed by atoms with Crippen LogP contribution in [0.15, 0.2) is 30.7 Å². The van der Waals surface area contributed by atoms with Crippen LogP contribution in [0.2, 0.25) is 0 Å². The largest absolute Gasteiger partial charge is 0.381 e. The number of rotatable bonds is 5. The summed E-state index contributed by atoms with van der Waals surface area (Å²) in [5, 5.41) is 6.02. The Hall–Kier alpha value is -2.37. The van der Waals surface area contributed by atoms with Gasteiger partial charge in [-0.1, -0.05) is 0 Å². The van der Waals surface area contributed by atoms with Crippen LogP contribution in [0.5, 0.6) is 0 Å². The predicted octanol–water partition coefficient (Wildman–Crippen LogP) is 3.43. The summed E-state index contributed by atoms with van der Waals surface area (Å²) in [5.41, 5.74) is 1.52. The molecule has 1 fully saturated rings. The predicted molar refractivity (Wildman–Crippen MR) is 83.6 cm³/mol. The van der Waals surface area contributed by atoms with Crippen LogP contribution in [0.25, 0.3) is 0 Å². The Morgan fingerprint density at radius 1 is 1.36 bits per heavy atom. The SMILES string of the molecule is CC(C)n1cnc(C(=O)Nc2ccc(F)cc2NC2CC2)c1. The van der Waals surface area contributed by atoms with E-state index in [9.17, 15) is 9.18 Å². The molecule has 1 aliphatic carbocycles. The van der Waals surface area contributed by atoms with E-state index in [-0.39, 0.29) is 17.8 Å². The Labute approximate surface area is 128 Å². The van der Waals surface area contributed by atoms with Crippen molar-refractivity contribution in [2.75, 3.05) is 10.6 Å². The highest BCUT2D eigenvalue weighted by Gasteiger charge is 2.22. The number of carbonyl (C=O) groups excluding carboxylic acids is 1. The zero-order valence-electron chi connectivity index (χ0n) is 12.6. The summed E-state index contributed by atoms with van der Waals surface area (Å²) in [7, 11) is 0. The number of hydrogen-bond donors (Lipinski definition) is 2. The Balaban J connectivity index is 1.77. The van der Waals surface area contributed by atoms with Gasteiger partial charge in [-0.05, 0) is 44.9 Å². The molecule has 0 spiro atoms. The number of halogens is 1. The van der Waals surface area contributed by atoms with Crippen molar-refractivity contribution in [3.05, 3.63) is 42.2 Å². The van der Waals surface area contributed by atoms with Crippen molar-refractivity contribution < 1.29 is 9.18 Å². The second-order valence-electron chi connectivity index (χ2n) is 5.86. The second kappa shape index (κ2) is 5.79. The number of nitrogens with one attached hydrogen (secondary N) is 2. The quantitative estimate of drug-likeness (QED) is 0.889. The maximum Gasteiger partial charge on any atom is 0.275 e. The molecule has 0 unspecified atom stereocenters. The van der Waals surface area contributed by atoms with Crippen LogP contribution < -0.4 is 10.6 Å². The van der Waals surface area contributed by atoms with Gasteiger partial charge in [0.15, 0.2) is 0 Å². The molecule has 2 N–H and O–H groups in total. The Bertz CT molecular complexity index is 691. The molecule has 0 bridgehead atoms. The molecule has 0 aliphatic heterocycles. The smallest absolute Gasteiger partial charge is 0.275 e. The Morgan fingerprint density at radius 3 is 2.77 bits per heavy atom. The molecule has 0 saturated heterocycles. The summed E-state index contributed by atoms with van der Waals surface area (Å²) in [6.45, 7) is 4.03. The fourth-order valence-corrected chi connectivity index (χ4v) is 2.12. The van der Waals surface area contributed by atoms with Gasteiger partial charge in [0.2, 0.25) is 0 Å². The van der Waals surface area contributed by atoms with E-state index in [0.29, 0.717) is 23.1 Å². The highest BCUT2D eigenvalue weighted by atomic mass is 19.1. The molecule has 0 radical (unpaired) electrons. The average molecular weight is 302 g/mol. The number of anilines is 2. The summed E-state index contributed by atoms with van der Waals surface area (Å²) in [6.07, 6.45) is 5.48. The van der Waals surface area contributed by atoms with Crippen LogP contribution in [0, 0.1) is 5.82 Å². The van der Waals surface area contributed by atoms with Gasteiger partial charge >= 0.3 is 0 Å². The van der Waals surface area contributed by atoms with E-state index in [4.69, 9.17) is 0 Å². The number of aromatic nitrogens is 2. The first-order chi connectivity index (χ1) is 10.5. The lowest BCUT2D eigenvalue weighted by Gasteiger charge is -2.12. The second-order valence-corrected chi connectivity index (χ2v) is 5.86. The van der Waals surface area contributed by atoms with E-state index >= 15 is 0 Å². The first kappa shape index (κ1) is 14.6. The zero-order chi connectivity index (χ0) is 15.7. The third-order valence-corrected chi connectivity index (χ3v) is 3.60. The van der Waals surface area contributed by atoms with Crippen molar-refractivity contribution in [1.82, 2.24) is 9.55 Å². The summed E-state index contributed by atoms with van der Waals surface area (Å²) in [4.78, 5) is 16.4. The monoisotopic (exact) mass is 302 g/mol. The number of benzene rings is 1. The Kier molecular flexibility index (Phi) is 3.83. The molecule has 1 amide bonds. The number of amides is 1. The molecule has 1 aliphatic rings. The minimum Gasteiger partial charge on any atom is -0.381 e. The molecule has 1 heterocycles. The van der Waals surface area contributed by atoms with E-state index in [1.54, 1.807) is 18.6 Å². The highest BCUT2D eigenvalue weighted by Crippen LogP contribution is 2.30. The number of hydrogen-bond acceptors (Lipinski definition) is 3. The first-order valence-corrected chi connectivity index (χ1v) is 7.44. The fourth-order valence-electron chi connectivity index (χ4n) is 2.12. The third kappa shape index (κ3) is 3.27. The molecule has 116 valence electrons. The third-order valence-electron chi connectivity index (χ3n) is 3.60. The molecule has 0 atom stereocenters. The molecule has 1 aromatic carbocycles. The van der Waals surface area contributed by atoms with Crippen molar-refractivity contribution in [2.45, 2.75) is 38.8 Å². The van der Waals surface area contributed by atoms with Crippen LogP contribution in [0.1, 0.15) is 43.2 Å². The van der Waals surface area contributed by atoms with Crippen LogP contribution in [-0.2, 0) is 0 Å². The molecular formula is C16H19FN4O. The topological polar surface area (TPSA) is 59.0 Å². The molecule has 22 heavy (non-hydrogen) atoms. The van der Waals surface area contributed by atoms with Gasteiger partial charge in [0.1, 0.15) is 11.5 Å². The van der Waals surface area contributed by atoms with Crippen molar-refractivity contribution in [3.63, 3.8) is 0 Å². The standard InChI is InChI=1S/C16H19FN4O/c1-10(2)21-8-15(18-9-21)16(22)20-13-6-3-11(17)7-14(13)19-12-4-5-12/h3,6-10,12,19H,4-5H2,1-2H3,(H,20,22). The van der Waals surface area contributed by atoms with Gasteiger partial charge in [0.25, 0.3) is 5.91 Å². The number of imidazole rings is 1. The molecule has 1 saturated carbocycles. The van der Waals surface area contributed by atoms with Gasteiger partial charge in [-0.2, -0.15) is 0 Å². The number of carbonyl (C=O) groups is 1. The maximum atomic E-state index is 13.4. The van der Waals surface area contributed by atoms with Gasteiger partial charge < -0.3 is 15.2 Å². The summed E-state index contributed by atoms with van der Waals surface area (Å²) in [5.74, 6) is -0.630. The molecule has 2 aromatic rings. The molecule has 3 rings (SSSR count). The number of nitrogens with zero attached hydrogens (tertiary/aromatic N) is 2. The molecule has 5 nitrogen and oxygen atoms in total. The van der Waals surface area contributed by atoms with Gasteiger partial charge in [0.05, 0.1) is 17.7 Å². The summed E-state index contributed by atoms with van der Waals surface area (Å²) < 4.78 is 15.3. The zero-order valence-corrected chi connectivity index (χ0v) is 12.6. The van der Waals surface area contributed by atoms with Crippen molar-refractivity contribution in [1.29, 1.82) is 0 Å². The van der Waals surface area contributed by atoms with Crippen LogP contribution >= 0.6 is 0 Å². The lowest BCUT2D eigenvalue weighted by Crippen LogP contribution is -2.15.